The van der Waals surface area contributed by atoms with Gasteiger partial charge in [-0.3, -0.25) is 28.8 Å². The SMILES string of the molecule is C.CC(C)C(=O)C(C(=O)Nc1ccccc1)C(C(=O)c1ccc(F)cc1)c1ccccc1.CC(C)c1c(C(=O)Nc2ccccc2)c(-c2ccccc2)c(-c2ccc(F)cc2)n1CCC(=O)N1CCOCC1.O=C([O-])Cc1ccccc1.[Cl-].[NH3+]CCC(=O)N1CCOCC1. The summed E-state index contributed by atoms with van der Waals surface area (Å²) >= 11 is 0. The van der Waals surface area contributed by atoms with E-state index < -0.39 is 41.2 Å². The summed E-state index contributed by atoms with van der Waals surface area (Å²) in [5.41, 5.74) is 11.1. The Balaban J connectivity index is 0.000000260. The van der Waals surface area contributed by atoms with Gasteiger partial charge in [-0.1, -0.05) is 163 Å². The smallest absolute Gasteiger partial charge is 0.258 e. The number of amides is 4. The molecule has 0 radical (unpaired) electrons. The second-order valence-corrected chi connectivity index (χ2v) is 22.5. The van der Waals surface area contributed by atoms with Crippen molar-refractivity contribution in [2.24, 2.45) is 11.8 Å². The van der Waals surface area contributed by atoms with Crippen LogP contribution in [0.4, 0.5) is 20.2 Å². The second kappa shape index (κ2) is 38.5. The molecule has 0 saturated carbocycles. The Kier molecular flexibility index (Phi) is 30.8. The van der Waals surface area contributed by atoms with Crippen molar-refractivity contribution in [1.29, 1.82) is 0 Å². The van der Waals surface area contributed by atoms with E-state index in [0.29, 0.717) is 81.5 Å². The van der Waals surface area contributed by atoms with E-state index in [4.69, 9.17) is 9.47 Å². The van der Waals surface area contributed by atoms with Gasteiger partial charge in [-0.25, -0.2) is 8.78 Å². The summed E-state index contributed by atoms with van der Waals surface area (Å²) in [5.74, 6) is -5.87. The van der Waals surface area contributed by atoms with Gasteiger partial charge in [0, 0.05) is 85.6 Å². The summed E-state index contributed by atoms with van der Waals surface area (Å²) in [6.07, 6.45) is 0.845. The van der Waals surface area contributed by atoms with Crippen LogP contribution < -0.4 is 33.9 Å². The van der Waals surface area contributed by atoms with Crippen LogP contribution in [0.2, 0.25) is 0 Å². The van der Waals surface area contributed by atoms with Gasteiger partial charge in [0.15, 0.2) is 5.78 Å². The van der Waals surface area contributed by atoms with E-state index in [0.717, 1.165) is 46.7 Å². The molecule has 94 heavy (non-hydrogen) atoms. The van der Waals surface area contributed by atoms with Gasteiger partial charge < -0.3 is 62.5 Å². The van der Waals surface area contributed by atoms with E-state index >= 15 is 0 Å². The van der Waals surface area contributed by atoms with Gasteiger partial charge >= 0.3 is 0 Å². The van der Waals surface area contributed by atoms with Gasteiger partial charge in [0.25, 0.3) is 5.91 Å². The number of hydrogen-bond acceptors (Lipinski definition) is 10. The van der Waals surface area contributed by atoms with Crippen molar-refractivity contribution in [2.75, 3.05) is 69.8 Å². The number of carbonyl (C=O) groups is 7. The average molecular weight is 1300 g/mol. The second-order valence-electron chi connectivity index (χ2n) is 22.5. The summed E-state index contributed by atoms with van der Waals surface area (Å²) in [6.45, 7) is 13.7. The van der Waals surface area contributed by atoms with Crippen LogP contribution in [-0.2, 0) is 46.4 Å². The number of benzene rings is 7. The molecule has 2 saturated heterocycles. The van der Waals surface area contributed by atoms with E-state index in [1.54, 1.807) is 105 Å². The standard InChI is InChI=1S/C33H34FN3O3.C26H24FNO3.C8H8O2.C7H14N2O2.CH4.ClH/c1-23(2)31-30(33(39)35-27-11-7-4-8-12-27)29(24-9-5-3-6-10-24)32(25-13-15-26(34)16-14-25)37(31)18-17-28(38)36-19-21-40-22-20-36;1-17(2)24(29)23(26(31)28-21-11-7-4-8-12-21)22(18-9-5-3-6-10-18)25(30)19-13-15-20(27)16-14-19;9-8(10)6-7-4-2-1-3-5-7;8-2-1-7(10)9-3-5-11-6-4-9;;/h3-16,23H,17-22H2,1-2H3,(H,35,39);3-17,22-23H,1-2H3,(H,28,31);1-5H,6H2,(H,9,10);1-6,8H2;1H4;1H/p-1. The number of quaternary nitrogens is 1. The zero-order valence-corrected chi connectivity index (χ0v) is 53.6. The molecular weight excluding hydrogens is 1220 g/mol. The molecule has 2 unspecified atom stereocenters. The minimum atomic E-state index is -1.24. The van der Waals surface area contributed by atoms with Crippen molar-refractivity contribution in [3.05, 3.63) is 240 Å². The maximum absolute atomic E-state index is 14.1. The fraction of sp³-hybridized carbons (Fsp3) is 0.293. The minimum absolute atomic E-state index is 0. The van der Waals surface area contributed by atoms with Crippen LogP contribution >= 0.6 is 0 Å². The molecule has 7 aromatic carbocycles. The van der Waals surface area contributed by atoms with E-state index in [1.807, 2.05) is 82.6 Å². The first-order chi connectivity index (χ1) is 44.4. The molecule has 16 nitrogen and oxygen atoms in total. The number of carboxylic acid groups (broad SMARTS) is 1. The maximum Gasteiger partial charge on any atom is 0.258 e. The molecule has 3 heterocycles. The Morgan fingerprint density at radius 1 is 0.564 bits per heavy atom. The van der Waals surface area contributed by atoms with Crippen molar-refractivity contribution in [2.45, 2.75) is 72.8 Å². The molecule has 5 N–H and O–H groups in total. The lowest BCUT2D eigenvalue weighted by Crippen LogP contribution is -3.00. The number of para-hydroxylation sites is 2. The highest BCUT2D eigenvalue weighted by molar-refractivity contribution is 6.15. The van der Waals surface area contributed by atoms with Crippen LogP contribution in [0.15, 0.2) is 200 Å². The number of aliphatic carboxylic acids is 1. The number of halogens is 3. The fourth-order valence-corrected chi connectivity index (χ4v) is 10.8. The third-order valence-electron chi connectivity index (χ3n) is 15.3. The molecule has 0 aliphatic carbocycles. The highest BCUT2D eigenvalue weighted by atomic mass is 35.5. The van der Waals surface area contributed by atoms with Crippen LogP contribution in [0.25, 0.3) is 22.4 Å². The number of ketones is 2. The first-order valence-electron chi connectivity index (χ1n) is 30.9. The molecule has 0 spiro atoms. The average Bonchev–Trinajstić information content (AvgIpc) is 1.58. The van der Waals surface area contributed by atoms with Crippen molar-refractivity contribution < 1.29 is 75.1 Å². The number of anilines is 2. The largest absolute Gasteiger partial charge is 1.00 e. The zero-order valence-electron chi connectivity index (χ0n) is 52.8. The number of rotatable bonds is 20. The molecule has 2 aliphatic rings. The molecule has 19 heteroatoms. The van der Waals surface area contributed by atoms with Gasteiger partial charge in [-0.05, 0) is 101 Å². The Morgan fingerprint density at radius 2 is 1.01 bits per heavy atom. The number of aromatic nitrogens is 1. The van der Waals surface area contributed by atoms with Gasteiger partial charge in [0.05, 0.1) is 56.6 Å². The van der Waals surface area contributed by atoms with Gasteiger partial charge in [-0.2, -0.15) is 0 Å². The normalized spacial score (nSPS) is 13.1. The molecule has 2 fully saturated rings. The molecule has 8 aromatic rings. The lowest BCUT2D eigenvalue weighted by molar-refractivity contribution is -0.366. The molecule has 2 aliphatic heterocycles. The third kappa shape index (κ3) is 21.8. The molecule has 496 valence electrons. The van der Waals surface area contributed by atoms with E-state index in [-0.39, 0.29) is 73.5 Å². The number of nitrogens with one attached hydrogen (secondary N) is 2. The summed E-state index contributed by atoms with van der Waals surface area (Å²) in [4.78, 5) is 92.3. The predicted molar refractivity (Wildman–Crippen MR) is 356 cm³/mol. The Bertz CT molecular complexity index is 3660. The minimum Gasteiger partial charge on any atom is -1.00 e. The lowest BCUT2D eigenvalue weighted by Gasteiger charge is -2.27. The molecule has 2 atom stereocenters. The van der Waals surface area contributed by atoms with E-state index in [1.165, 1.54) is 36.4 Å². The van der Waals surface area contributed by atoms with Crippen LogP contribution in [0.1, 0.15) is 97.3 Å². The molecule has 10 rings (SSSR count). The maximum atomic E-state index is 14.1. The van der Waals surface area contributed by atoms with Crippen LogP contribution in [0.5, 0.6) is 0 Å². The topological polar surface area (TPSA) is 224 Å². The summed E-state index contributed by atoms with van der Waals surface area (Å²) < 4.78 is 40.1. The number of carboxylic acids is 1. The van der Waals surface area contributed by atoms with E-state index in [2.05, 4.69) is 34.8 Å². The van der Waals surface area contributed by atoms with Gasteiger partial charge in [0.2, 0.25) is 17.7 Å². The van der Waals surface area contributed by atoms with Crippen LogP contribution in [0.3, 0.4) is 0 Å². The van der Waals surface area contributed by atoms with Crippen molar-refractivity contribution in [3.63, 3.8) is 0 Å². The summed E-state index contributed by atoms with van der Waals surface area (Å²) in [6, 6.07) is 57.1. The number of morpholine rings is 2. The van der Waals surface area contributed by atoms with Gasteiger partial charge in [-0.15, -0.1) is 0 Å². The highest BCUT2D eigenvalue weighted by Crippen LogP contribution is 2.43. The monoisotopic (exact) mass is 1300 g/mol. The van der Waals surface area contributed by atoms with Gasteiger partial charge in [0.1, 0.15) is 23.3 Å². The number of nitrogens with zero attached hydrogens (tertiary/aromatic N) is 3. The number of ether oxygens (including phenoxy) is 2. The zero-order chi connectivity index (χ0) is 65.9. The predicted octanol–water partition coefficient (Wildman–Crippen LogP) is 7.95. The van der Waals surface area contributed by atoms with Crippen molar-refractivity contribution >= 4 is 52.5 Å². The Labute approximate surface area is 555 Å². The van der Waals surface area contributed by atoms with Crippen LogP contribution in [0, 0.1) is 23.5 Å². The third-order valence-corrected chi connectivity index (χ3v) is 15.3. The van der Waals surface area contributed by atoms with Crippen molar-refractivity contribution in [1.82, 2.24) is 14.4 Å². The summed E-state index contributed by atoms with van der Waals surface area (Å²) in [5, 5.41) is 15.9. The molecule has 1 aromatic heterocycles. The van der Waals surface area contributed by atoms with Crippen LogP contribution in [-0.4, -0.2) is 115 Å². The molecule has 4 amide bonds. The number of hydrogen-bond donors (Lipinski definition) is 3. The van der Waals surface area contributed by atoms with Crippen molar-refractivity contribution in [3.8, 4) is 22.4 Å². The fourth-order valence-electron chi connectivity index (χ4n) is 10.8. The highest BCUT2D eigenvalue weighted by Gasteiger charge is 2.41. The quantitative estimate of drug-likeness (QED) is 0.0493. The lowest BCUT2D eigenvalue weighted by atomic mass is 9.75. The first-order valence-corrected chi connectivity index (χ1v) is 30.9. The molecule has 0 bridgehead atoms. The Hall–Kier alpha value is -9.46. The van der Waals surface area contributed by atoms with E-state index in [9.17, 15) is 47.4 Å². The molecular formula is C75H84ClF2N6O10-. The Morgan fingerprint density at radius 3 is 1.48 bits per heavy atom. The first kappa shape index (κ1) is 75.3. The summed E-state index contributed by atoms with van der Waals surface area (Å²) in [7, 11) is 0. The number of carbonyl (C=O) groups excluding carboxylic acids is 7. The number of Topliss-reactive ketones (excluding diaryl/α,β-unsaturated/α-hetero) is 2.